The minimum atomic E-state index is -0.0478. The molecular formula is C16H25NO2. The van der Waals surface area contributed by atoms with Crippen molar-refractivity contribution in [2.24, 2.45) is 5.73 Å². The van der Waals surface area contributed by atoms with Crippen LogP contribution in [0.4, 0.5) is 0 Å². The number of rotatable bonds is 4. The Labute approximate surface area is 116 Å². The van der Waals surface area contributed by atoms with Gasteiger partial charge in [-0.05, 0) is 39.2 Å². The van der Waals surface area contributed by atoms with Crippen LogP contribution in [0.25, 0.3) is 0 Å². The molecule has 0 amide bonds. The van der Waals surface area contributed by atoms with Gasteiger partial charge in [0.15, 0.2) is 0 Å². The first-order valence-corrected chi connectivity index (χ1v) is 7.14. The first kappa shape index (κ1) is 14.5. The Bertz CT molecular complexity index is 397. The van der Waals surface area contributed by atoms with E-state index in [9.17, 15) is 0 Å². The van der Waals surface area contributed by atoms with Gasteiger partial charge < -0.3 is 15.2 Å². The molecule has 3 nitrogen and oxygen atoms in total. The second-order valence-corrected chi connectivity index (χ2v) is 5.70. The lowest BCUT2D eigenvalue weighted by Gasteiger charge is -2.32. The number of nitrogens with two attached hydrogens (primary N) is 1. The maximum absolute atomic E-state index is 6.19. The molecule has 3 atom stereocenters. The molecule has 3 heteroatoms. The van der Waals surface area contributed by atoms with Crippen molar-refractivity contribution in [1.29, 1.82) is 0 Å². The van der Waals surface area contributed by atoms with Crippen molar-refractivity contribution >= 4 is 0 Å². The third-order valence-electron chi connectivity index (χ3n) is 3.64. The van der Waals surface area contributed by atoms with Gasteiger partial charge in [0.25, 0.3) is 0 Å². The monoisotopic (exact) mass is 263 g/mol. The highest BCUT2D eigenvalue weighted by molar-refractivity contribution is 5.24. The van der Waals surface area contributed by atoms with Gasteiger partial charge in [-0.15, -0.1) is 0 Å². The summed E-state index contributed by atoms with van der Waals surface area (Å²) in [5.41, 5.74) is 8.58. The molecule has 1 aliphatic rings. The average molecular weight is 263 g/mol. The Kier molecular flexibility index (Phi) is 4.97. The molecule has 0 radical (unpaired) electrons. The Hall–Kier alpha value is -0.900. The molecule has 1 aliphatic heterocycles. The molecule has 1 fully saturated rings. The average Bonchev–Trinajstić information content (AvgIpc) is 2.35. The molecule has 0 saturated carbocycles. The molecule has 3 unspecified atom stereocenters. The second-order valence-electron chi connectivity index (χ2n) is 5.70. The Balaban J connectivity index is 1.84. The molecule has 1 heterocycles. The molecule has 106 valence electrons. The highest BCUT2D eigenvalue weighted by atomic mass is 16.5. The smallest absolute Gasteiger partial charge is 0.0663 e. The summed E-state index contributed by atoms with van der Waals surface area (Å²) in [6.07, 6.45) is 2.76. The van der Waals surface area contributed by atoms with Crippen LogP contribution in [0.2, 0.25) is 0 Å². The summed E-state index contributed by atoms with van der Waals surface area (Å²) < 4.78 is 11.7. The summed E-state index contributed by atoms with van der Waals surface area (Å²) >= 11 is 0. The van der Waals surface area contributed by atoms with E-state index in [1.807, 2.05) is 6.07 Å². The van der Waals surface area contributed by atoms with E-state index >= 15 is 0 Å². The number of hydrogen-bond donors (Lipinski definition) is 1. The van der Waals surface area contributed by atoms with E-state index in [-0.39, 0.29) is 24.4 Å². The van der Waals surface area contributed by atoms with E-state index < -0.39 is 0 Å². The van der Waals surface area contributed by atoms with Crippen LogP contribution in [0, 0.1) is 6.92 Å². The van der Waals surface area contributed by atoms with Crippen LogP contribution in [-0.4, -0.2) is 24.9 Å². The maximum Gasteiger partial charge on any atom is 0.0663 e. The lowest BCUT2D eigenvalue weighted by atomic mass is 10.0. The number of benzene rings is 1. The Morgan fingerprint density at radius 2 is 2.00 bits per heavy atom. The van der Waals surface area contributed by atoms with Gasteiger partial charge in [-0.25, -0.2) is 0 Å². The quantitative estimate of drug-likeness (QED) is 0.908. The highest BCUT2D eigenvalue weighted by Gasteiger charge is 2.25. The molecule has 0 aromatic heterocycles. The van der Waals surface area contributed by atoms with Gasteiger partial charge in [0.1, 0.15) is 0 Å². The Morgan fingerprint density at radius 1 is 1.32 bits per heavy atom. The summed E-state index contributed by atoms with van der Waals surface area (Å²) in [6.45, 7) is 6.87. The topological polar surface area (TPSA) is 44.5 Å². The fraction of sp³-hybridized carbons (Fsp3) is 0.625. The van der Waals surface area contributed by atoms with E-state index in [1.165, 1.54) is 5.56 Å². The third kappa shape index (κ3) is 4.30. The fourth-order valence-corrected chi connectivity index (χ4v) is 2.72. The first-order valence-electron chi connectivity index (χ1n) is 7.14. The minimum absolute atomic E-state index is 0.0478. The zero-order chi connectivity index (χ0) is 13.8. The Morgan fingerprint density at radius 3 is 2.63 bits per heavy atom. The van der Waals surface area contributed by atoms with Crippen molar-refractivity contribution in [1.82, 2.24) is 0 Å². The van der Waals surface area contributed by atoms with Crippen LogP contribution in [0.1, 0.15) is 43.9 Å². The summed E-state index contributed by atoms with van der Waals surface area (Å²) in [7, 11) is 0. The molecule has 2 rings (SSSR count). The van der Waals surface area contributed by atoms with Crippen LogP contribution in [-0.2, 0) is 9.47 Å². The van der Waals surface area contributed by atoms with Gasteiger partial charge in [0.2, 0.25) is 0 Å². The molecule has 1 saturated heterocycles. The summed E-state index contributed by atoms with van der Waals surface area (Å²) in [5, 5.41) is 0. The van der Waals surface area contributed by atoms with Crippen molar-refractivity contribution in [2.75, 3.05) is 6.61 Å². The van der Waals surface area contributed by atoms with E-state index in [0.29, 0.717) is 6.61 Å². The summed E-state index contributed by atoms with van der Waals surface area (Å²) in [6, 6.07) is 8.27. The lowest BCUT2D eigenvalue weighted by molar-refractivity contribution is -0.103. The van der Waals surface area contributed by atoms with Crippen LogP contribution in [0.15, 0.2) is 24.3 Å². The van der Waals surface area contributed by atoms with Crippen LogP contribution in [0.3, 0.4) is 0 Å². The number of hydrogen-bond acceptors (Lipinski definition) is 3. The molecule has 2 N–H and O–H groups in total. The fourth-order valence-electron chi connectivity index (χ4n) is 2.72. The van der Waals surface area contributed by atoms with Gasteiger partial charge in [0, 0.05) is 0 Å². The van der Waals surface area contributed by atoms with Crippen molar-refractivity contribution in [2.45, 2.75) is 58.0 Å². The summed E-state index contributed by atoms with van der Waals surface area (Å²) in [4.78, 5) is 0. The predicted octanol–water partition coefficient (Wildman–Crippen LogP) is 2.97. The molecule has 1 aromatic carbocycles. The van der Waals surface area contributed by atoms with Crippen LogP contribution >= 0.6 is 0 Å². The third-order valence-corrected chi connectivity index (χ3v) is 3.64. The van der Waals surface area contributed by atoms with Gasteiger partial charge in [0.05, 0.1) is 31.0 Å². The van der Waals surface area contributed by atoms with E-state index in [0.717, 1.165) is 18.4 Å². The number of aryl methyl sites for hydroxylation is 1. The normalized spacial score (nSPS) is 29.2. The zero-order valence-corrected chi connectivity index (χ0v) is 12.1. The van der Waals surface area contributed by atoms with Gasteiger partial charge in [-0.1, -0.05) is 29.8 Å². The molecule has 0 bridgehead atoms. The van der Waals surface area contributed by atoms with E-state index in [2.05, 4.69) is 39.0 Å². The highest BCUT2D eigenvalue weighted by Crippen LogP contribution is 2.23. The van der Waals surface area contributed by atoms with Gasteiger partial charge >= 0.3 is 0 Å². The first-order chi connectivity index (χ1) is 9.04. The number of ether oxygens (including phenoxy) is 2. The maximum atomic E-state index is 6.19. The lowest BCUT2D eigenvalue weighted by Crippen LogP contribution is -2.35. The van der Waals surface area contributed by atoms with Crippen LogP contribution in [0.5, 0.6) is 0 Å². The molecular weight excluding hydrogens is 238 g/mol. The second kappa shape index (κ2) is 6.51. The summed E-state index contributed by atoms with van der Waals surface area (Å²) in [5.74, 6) is 0. The molecule has 0 aliphatic carbocycles. The SMILES string of the molecule is Cc1cccc(C(N)COC2CC(C)OC(C)C2)c1. The zero-order valence-electron chi connectivity index (χ0n) is 12.1. The van der Waals surface area contributed by atoms with E-state index in [4.69, 9.17) is 15.2 Å². The van der Waals surface area contributed by atoms with Gasteiger partial charge in [-0.2, -0.15) is 0 Å². The van der Waals surface area contributed by atoms with E-state index in [1.54, 1.807) is 0 Å². The molecule has 19 heavy (non-hydrogen) atoms. The van der Waals surface area contributed by atoms with Gasteiger partial charge in [-0.3, -0.25) is 0 Å². The van der Waals surface area contributed by atoms with Crippen molar-refractivity contribution in [3.8, 4) is 0 Å². The predicted molar refractivity (Wildman–Crippen MR) is 77.1 cm³/mol. The molecule has 1 aromatic rings. The minimum Gasteiger partial charge on any atom is -0.376 e. The van der Waals surface area contributed by atoms with Crippen molar-refractivity contribution in [3.63, 3.8) is 0 Å². The van der Waals surface area contributed by atoms with Crippen molar-refractivity contribution < 1.29 is 9.47 Å². The largest absolute Gasteiger partial charge is 0.376 e. The van der Waals surface area contributed by atoms with Crippen LogP contribution < -0.4 is 5.73 Å². The van der Waals surface area contributed by atoms with Crippen molar-refractivity contribution in [3.05, 3.63) is 35.4 Å². The standard InChI is InChI=1S/C16H25NO2/c1-11-5-4-6-14(7-11)16(17)10-18-15-8-12(2)19-13(3)9-15/h4-7,12-13,15-16H,8-10,17H2,1-3H3. The molecule has 0 spiro atoms.